The van der Waals surface area contributed by atoms with Gasteiger partial charge < -0.3 is 19.8 Å². The number of alkyl halides is 6. The summed E-state index contributed by atoms with van der Waals surface area (Å²) in [7, 11) is 1.96. The fraction of sp³-hybridized carbons (Fsp3) is 0.630. The van der Waals surface area contributed by atoms with E-state index in [2.05, 4.69) is 42.8 Å². The fourth-order valence-corrected chi connectivity index (χ4v) is 6.42. The number of halogens is 6. The van der Waals surface area contributed by atoms with Gasteiger partial charge in [0, 0.05) is 64.6 Å². The van der Waals surface area contributed by atoms with Crippen molar-refractivity contribution in [3.8, 4) is 0 Å². The third-order valence-electron chi connectivity index (χ3n) is 7.70. The molecule has 1 amide bonds. The van der Waals surface area contributed by atoms with Crippen molar-refractivity contribution in [3.05, 3.63) is 40.3 Å². The van der Waals surface area contributed by atoms with Gasteiger partial charge in [-0.15, -0.1) is 0 Å². The lowest BCUT2D eigenvalue weighted by Crippen LogP contribution is -2.52. The first-order valence-corrected chi connectivity index (χ1v) is 14.9. The molecule has 0 unspecified atom stereocenters. The average Bonchev–Trinajstić information content (AvgIpc) is 3.67. The van der Waals surface area contributed by atoms with Gasteiger partial charge in [0.2, 0.25) is 5.91 Å². The number of aliphatic carboxylic acids is 2. The van der Waals surface area contributed by atoms with Gasteiger partial charge in [0.25, 0.3) is 0 Å². The zero-order valence-corrected chi connectivity index (χ0v) is 25.2. The molecule has 2 atom stereocenters. The monoisotopic (exact) mass is 671 g/mol. The molecule has 252 valence electrons. The number of ether oxygens (including phenoxy) is 1. The maximum atomic E-state index is 13.9. The second-order valence-corrected chi connectivity index (χ2v) is 11.8. The van der Waals surface area contributed by atoms with Crippen LogP contribution >= 0.6 is 11.3 Å². The second kappa shape index (κ2) is 15.4. The highest BCUT2D eigenvalue weighted by atomic mass is 32.1. The molecule has 5 heterocycles. The van der Waals surface area contributed by atoms with Crippen LogP contribution in [0.1, 0.15) is 24.0 Å². The molecule has 11 nitrogen and oxygen atoms in total. The zero-order valence-electron chi connectivity index (χ0n) is 24.4. The lowest BCUT2D eigenvalue weighted by molar-refractivity contribution is -0.193. The molecular weight excluding hydrogens is 636 g/mol. The van der Waals surface area contributed by atoms with Gasteiger partial charge in [0.1, 0.15) is 0 Å². The number of thiophene rings is 1. The van der Waals surface area contributed by atoms with Crippen LogP contribution in [-0.2, 0) is 39.3 Å². The van der Waals surface area contributed by atoms with Crippen molar-refractivity contribution in [3.63, 3.8) is 0 Å². The van der Waals surface area contributed by atoms with Crippen LogP contribution in [0.2, 0.25) is 0 Å². The Morgan fingerprint density at radius 1 is 0.978 bits per heavy atom. The largest absolute Gasteiger partial charge is 0.490 e. The summed E-state index contributed by atoms with van der Waals surface area (Å²) in [5, 5.41) is 23.0. The van der Waals surface area contributed by atoms with Gasteiger partial charge in [0.15, 0.2) is 0 Å². The van der Waals surface area contributed by atoms with Gasteiger partial charge in [-0.3, -0.25) is 19.3 Å². The Morgan fingerprint density at radius 2 is 1.56 bits per heavy atom. The lowest BCUT2D eigenvalue weighted by atomic mass is 9.73. The number of nitrogens with zero attached hydrogens (tertiary/aromatic N) is 5. The number of carbonyl (C=O) groups is 3. The van der Waals surface area contributed by atoms with Gasteiger partial charge in [-0.25, -0.2) is 9.59 Å². The van der Waals surface area contributed by atoms with E-state index < -0.39 is 24.3 Å². The lowest BCUT2D eigenvalue weighted by Gasteiger charge is -2.39. The molecule has 3 aliphatic heterocycles. The van der Waals surface area contributed by atoms with Gasteiger partial charge in [-0.2, -0.15) is 42.8 Å². The number of amides is 1. The van der Waals surface area contributed by atoms with Crippen LogP contribution in [0.25, 0.3) is 0 Å². The van der Waals surface area contributed by atoms with Crippen molar-refractivity contribution in [2.45, 2.75) is 38.3 Å². The Hall–Kier alpha value is -3.22. The highest BCUT2D eigenvalue weighted by Crippen LogP contribution is 2.45. The number of rotatable bonds is 5. The Labute approximate surface area is 258 Å². The standard InChI is InChI=1S/C23H33N5O2S.2C2HF3O2/c1-25-12-20(11-24-25)14-27-16-21-15-26(13-19-3-10-31-17-19)5-2-4-23(21,18-27)22(29)28-6-8-30-9-7-28;2*3-2(4,5)1(6)7/h3,10-12,17,21H,2,4-9,13-16,18H2,1H3;2*(H,6,7)/t21-,23-;;/m0../s1. The predicted molar refractivity (Wildman–Crippen MR) is 148 cm³/mol. The van der Waals surface area contributed by atoms with E-state index in [1.54, 1.807) is 11.3 Å². The summed E-state index contributed by atoms with van der Waals surface area (Å²) < 4.78 is 70.9. The Balaban J connectivity index is 0.000000331. The molecule has 2 aromatic rings. The quantitative estimate of drug-likeness (QED) is 0.461. The van der Waals surface area contributed by atoms with Gasteiger partial charge in [-0.1, -0.05) is 0 Å². The number of carbonyl (C=O) groups excluding carboxylic acids is 1. The molecule has 3 fully saturated rings. The SMILES string of the molecule is Cn1cc(CN2C[C@@H]3CN(Cc4ccsc4)CCC[C@]3(C(=O)N3CCOCC3)C2)cn1.O=C(O)C(F)(F)F.O=C(O)C(F)(F)F. The van der Waals surface area contributed by atoms with Gasteiger partial charge in [-0.05, 0) is 47.7 Å². The van der Waals surface area contributed by atoms with Crippen molar-refractivity contribution in [2.75, 3.05) is 52.5 Å². The number of morpholine rings is 1. The third kappa shape index (κ3) is 10.4. The molecule has 0 aliphatic carbocycles. The molecule has 2 N–H and O–H groups in total. The maximum Gasteiger partial charge on any atom is 0.490 e. The summed E-state index contributed by atoms with van der Waals surface area (Å²) >= 11 is 1.76. The number of aromatic nitrogens is 2. The van der Waals surface area contributed by atoms with Crippen molar-refractivity contribution >= 4 is 29.2 Å². The summed E-state index contributed by atoms with van der Waals surface area (Å²) in [5.74, 6) is -4.78. The van der Waals surface area contributed by atoms with E-state index in [4.69, 9.17) is 24.5 Å². The van der Waals surface area contributed by atoms with E-state index in [-0.39, 0.29) is 5.41 Å². The van der Waals surface area contributed by atoms with E-state index >= 15 is 0 Å². The van der Waals surface area contributed by atoms with Crippen LogP contribution in [0, 0.1) is 11.3 Å². The second-order valence-electron chi connectivity index (χ2n) is 11.0. The van der Waals surface area contributed by atoms with Crippen LogP contribution in [0.5, 0.6) is 0 Å². The molecule has 3 aliphatic rings. The van der Waals surface area contributed by atoms with E-state index in [0.29, 0.717) is 25.0 Å². The zero-order chi connectivity index (χ0) is 33.4. The van der Waals surface area contributed by atoms with Crippen LogP contribution in [0.4, 0.5) is 26.3 Å². The van der Waals surface area contributed by atoms with Crippen molar-refractivity contribution in [1.82, 2.24) is 24.5 Å². The highest BCUT2D eigenvalue weighted by Gasteiger charge is 2.54. The van der Waals surface area contributed by atoms with Gasteiger partial charge in [0.05, 0.1) is 24.8 Å². The van der Waals surface area contributed by atoms with E-state index in [1.807, 2.05) is 17.9 Å². The topological polar surface area (TPSA) is 128 Å². The number of likely N-dealkylation sites (tertiary alicyclic amines) is 2. The molecule has 45 heavy (non-hydrogen) atoms. The molecule has 3 saturated heterocycles. The summed E-state index contributed by atoms with van der Waals surface area (Å²) in [6.45, 7) is 8.55. The fourth-order valence-electron chi connectivity index (χ4n) is 5.76. The summed E-state index contributed by atoms with van der Waals surface area (Å²) in [4.78, 5) is 38.9. The van der Waals surface area contributed by atoms with Crippen molar-refractivity contribution in [2.24, 2.45) is 18.4 Å². The molecule has 0 spiro atoms. The summed E-state index contributed by atoms with van der Waals surface area (Å²) in [6, 6.07) is 2.23. The minimum Gasteiger partial charge on any atom is -0.475 e. The van der Waals surface area contributed by atoms with Crippen molar-refractivity contribution < 1.29 is 55.7 Å². The number of fused-ring (bicyclic) bond motifs is 1. The van der Waals surface area contributed by atoms with E-state index in [1.165, 1.54) is 11.1 Å². The highest BCUT2D eigenvalue weighted by molar-refractivity contribution is 7.07. The number of carboxylic acid groups (broad SMARTS) is 2. The molecule has 2 aromatic heterocycles. The Morgan fingerprint density at radius 3 is 2.07 bits per heavy atom. The Kier molecular flexibility index (Phi) is 12.4. The average molecular weight is 672 g/mol. The molecule has 0 saturated carbocycles. The molecule has 18 heteroatoms. The van der Waals surface area contributed by atoms with E-state index in [9.17, 15) is 31.1 Å². The summed E-state index contributed by atoms with van der Waals surface area (Å²) in [5.41, 5.74) is 2.34. The first-order chi connectivity index (χ1) is 21.0. The predicted octanol–water partition coefficient (Wildman–Crippen LogP) is 3.32. The van der Waals surface area contributed by atoms with Gasteiger partial charge >= 0.3 is 24.3 Å². The molecule has 0 radical (unpaired) electrons. The van der Waals surface area contributed by atoms with E-state index in [0.717, 1.165) is 65.2 Å². The number of aryl methyl sites for hydroxylation is 1. The normalized spacial score (nSPS) is 22.7. The minimum absolute atomic E-state index is 0.275. The van der Waals surface area contributed by atoms with Crippen LogP contribution in [0.3, 0.4) is 0 Å². The molecule has 0 bridgehead atoms. The summed E-state index contributed by atoms with van der Waals surface area (Å²) in [6.07, 6.45) is -4.06. The third-order valence-corrected chi connectivity index (χ3v) is 8.43. The molecule has 5 rings (SSSR count). The van der Waals surface area contributed by atoms with Crippen LogP contribution < -0.4 is 0 Å². The molecule has 0 aromatic carbocycles. The number of hydrogen-bond donors (Lipinski definition) is 2. The maximum absolute atomic E-state index is 13.9. The van der Waals surface area contributed by atoms with Crippen LogP contribution in [-0.4, -0.2) is 117 Å². The minimum atomic E-state index is -5.08. The van der Waals surface area contributed by atoms with Crippen LogP contribution in [0.15, 0.2) is 29.2 Å². The Bertz CT molecular complexity index is 1240. The number of carboxylic acids is 2. The first kappa shape index (κ1) is 36.3. The smallest absolute Gasteiger partial charge is 0.475 e. The first-order valence-electron chi connectivity index (χ1n) is 13.9. The molecular formula is C27H35F6N5O6S. The van der Waals surface area contributed by atoms with Crippen molar-refractivity contribution in [1.29, 1.82) is 0 Å². The number of hydrogen-bond acceptors (Lipinski definition) is 8.